The molecule has 1 heterocycles. The van der Waals surface area contributed by atoms with Crippen molar-refractivity contribution < 1.29 is 9.53 Å². The minimum Gasteiger partial charge on any atom is -0.381 e. The largest absolute Gasteiger partial charge is 0.381 e. The van der Waals surface area contributed by atoms with Gasteiger partial charge in [0.05, 0.1) is 5.41 Å². The van der Waals surface area contributed by atoms with E-state index in [9.17, 15) is 4.79 Å². The minimum atomic E-state index is -0.450. The number of rotatable bonds is 5. The first-order valence-corrected chi connectivity index (χ1v) is 8.30. The zero-order valence-corrected chi connectivity index (χ0v) is 14.7. The lowest BCUT2D eigenvalue weighted by Crippen LogP contribution is -2.50. The summed E-state index contributed by atoms with van der Waals surface area (Å²) in [6.45, 7) is 2.30. The molecule has 128 valence electrons. The van der Waals surface area contributed by atoms with E-state index in [0.29, 0.717) is 39.1 Å². The predicted octanol–water partition coefficient (Wildman–Crippen LogP) is 2.67. The first kappa shape index (κ1) is 18.5. The van der Waals surface area contributed by atoms with Crippen molar-refractivity contribution in [3.63, 3.8) is 0 Å². The van der Waals surface area contributed by atoms with E-state index in [0.717, 1.165) is 17.9 Å². The summed E-state index contributed by atoms with van der Waals surface area (Å²) in [5.74, 6) is 0.0820. The van der Waals surface area contributed by atoms with Crippen LogP contribution < -0.4 is 11.1 Å². The average Bonchev–Trinajstić information content (AvgIpc) is 3.35. The molecule has 0 aromatic heterocycles. The van der Waals surface area contributed by atoms with E-state index in [4.69, 9.17) is 22.1 Å². The Hall–Kier alpha value is -0.810. The van der Waals surface area contributed by atoms with Gasteiger partial charge in [-0.1, -0.05) is 23.7 Å². The Morgan fingerprint density at radius 2 is 1.78 bits per heavy atom. The number of carbonyl (C=O) groups excluding carboxylic acids is 1. The maximum atomic E-state index is 12.6. The molecule has 1 aliphatic carbocycles. The molecule has 0 radical (unpaired) electrons. The highest BCUT2D eigenvalue weighted by molar-refractivity contribution is 6.30. The van der Waals surface area contributed by atoms with E-state index in [1.807, 2.05) is 12.1 Å². The Kier molecular flexibility index (Phi) is 5.95. The summed E-state index contributed by atoms with van der Waals surface area (Å²) in [4.78, 5) is 12.6. The van der Waals surface area contributed by atoms with Crippen LogP contribution in [0.2, 0.25) is 5.02 Å². The van der Waals surface area contributed by atoms with E-state index >= 15 is 0 Å². The highest BCUT2D eigenvalue weighted by Crippen LogP contribution is 2.48. The SMILES string of the molecule is Cl.NCC1(C(=O)NCC2(c3ccc(Cl)cc3)CC2)CCOCC1. The number of nitrogens with one attached hydrogen (secondary N) is 1. The second-order valence-electron chi connectivity index (χ2n) is 6.57. The summed E-state index contributed by atoms with van der Waals surface area (Å²) in [7, 11) is 0. The molecule has 3 rings (SSSR count). The highest BCUT2D eigenvalue weighted by Gasteiger charge is 2.46. The third-order valence-corrected chi connectivity index (χ3v) is 5.47. The predicted molar refractivity (Wildman–Crippen MR) is 94.2 cm³/mol. The van der Waals surface area contributed by atoms with Crippen molar-refractivity contribution >= 4 is 29.9 Å². The van der Waals surface area contributed by atoms with Gasteiger partial charge in [-0.3, -0.25) is 4.79 Å². The Balaban J connectivity index is 0.00000192. The van der Waals surface area contributed by atoms with Crippen molar-refractivity contribution in [1.82, 2.24) is 5.32 Å². The van der Waals surface area contributed by atoms with Gasteiger partial charge in [-0.15, -0.1) is 12.4 Å². The fourth-order valence-corrected chi connectivity index (χ4v) is 3.37. The van der Waals surface area contributed by atoms with Crippen molar-refractivity contribution in [1.29, 1.82) is 0 Å². The van der Waals surface area contributed by atoms with E-state index in [-0.39, 0.29) is 23.7 Å². The van der Waals surface area contributed by atoms with Crippen molar-refractivity contribution in [3.8, 4) is 0 Å². The molecule has 23 heavy (non-hydrogen) atoms. The fraction of sp³-hybridized carbons (Fsp3) is 0.588. The summed E-state index contributed by atoms with van der Waals surface area (Å²) in [6, 6.07) is 7.96. The molecule has 6 heteroatoms. The summed E-state index contributed by atoms with van der Waals surface area (Å²) in [5, 5.41) is 3.90. The Morgan fingerprint density at radius 1 is 1.17 bits per heavy atom. The maximum absolute atomic E-state index is 12.6. The van der Waals surface area contributed by atoms with E-state index in [2.05, 4.69) is 17.4 Å². The van der Waals surface area contributed by atoms with Crippen LogP contribution in [0.3, 0.4) is 0 Å². The number of halogens is 2. The molecule has 1 aromatic carbocycles. The van der Waals surface area contributed by atoms with Gasteiger partial charge in [0.25, 0.3) is 0 Å². The summed E-state index contributed by atoms with van der Waals surface area (Å²) >= 11 is 5.95. The molecule has 3 N–H and O–H groups in total. The van der Waals surface area contributed by atoms with E-state index in [1.54, 1.807) is 0 Å². The molecular formula is C17H24Cl2N2O2. The van der Waals surface area contributed by atoms with Gasteiger partial charge in [0.1, 0.15) is 0 Å². The molecule has 0 atom stereocenters. The number of benzene rings is 1. The smallest absolute Gasteiger partial charge is 0.227 e. The fourth-order valence-electron chi connectivity index (χ4n) is 3.24. The Labute approximate surface area is 148 Å². The van der Waals surface area contributed by atoms with Crippen molar-refractivity contribution in [2.75, 3.05) is 26.3 Å². The van der Waals surface area contributed by atoms with Crippen molar-refractivity contribution in [2.24, 2.45) is 11.1 Å². The van der Waals surface area contributed by atoms with Crippen molar-refractivity contribution in [3.05, 3.63) is 34.9 Å². The van der Waals surface area contributed by atoms with Crippen LogP contribution in [0.5, 0.6) is 0 Å². The standard InChI is InChI=1S/C17H23ClN2O2.ClH/c18-14-3-1-13(2-4-14)17(5-6-17)12-20-15(21)16(11-19)7-9-22-10-8-16;/h1-4H,5-12,19H2,(H,20,21);1H. The molecule has 2 aliphatic rings. The first-order valence-electron chi connectivity index (χ1n) is 7.92. The van der Waals surface area contributed by atoms with Gasteiger partial charge in [0, 0.05) is 36.7 Å². The van der Waals surface area contributed by atoms with Crippen LogP contribution in [-0.2, 0) is 14.9 Å². The third kappa shape index (κ3) is 3.82. The van der Waals surface area contributed by atoms with Crippen LogP contribution in [0, 0.1) is 5.41 Å². The quantitative estimate of drug-likeness (QED) is 0.850. The van der Waals surface area contributed by atoms with Crippen LogP contribution in [0.15, 0.2) is 24.3 Å². The van der Waals surface area contributed by atoms with Crippen molar-refractivity contribution in [2.45, 2.75) is 31.1 Å². The molecule has 1 saturated heterocycles. The zero-order valence-electron chi connectivity index (χ0n) is 13.1. The second kappa shape index (κ2) is 7.39. The number of hydrogen-bond acceptors (Lipinski definition) is 3. The molecule has 0 unspecified atom stereocenters. The highest BCUT2D eigenvalue weighted by atomic mass is 35.5. The molecule has 0 spiro atoms. The van der Waals surface area contributed by atoms with Crippen LogP contribution in [0.1, 0.15) is 31.2 Å². The topological polar surface area (TPSA) is 64.4 Å². The number of amides is 1. The van der Waals surface area contributed by atoms with Gasteiger partial charge >= 0.3 is 0 Å². The summed E-state index contributed by atoms with van der Waals surface area (Å²) in [5.41, 5.74) is 6.78. The third-order valence-electron chi connectivity index (χ3n) is 5.22. The average molecular weight is 359 g/mol. The molecule has 1 saturated carbocycles. The molecule has 1 aromatic rings. The van der Waals surface area contributed by atoms with Gasteiger partial charge in [-0.05, 0) is 43.4 Å². The Bertz CT molecular complexity index is 538. The molecule has 2 fully saturated rings. The Morgan fingerprint density at radius 3 is 2.30 bits per heavy atom. The lowest BCUT2D eigenvalue weighted by atomic mass is 9.79. The van der Waals surface area contributed by atoms with Gasteiger partial charge in [-0.2, -0.15) is 0 Å². The van der Waals surface area contributed by atoms with Crippen LogP contribution in [0.4, 0.5) is 0 Å². The second-order valence-corrected chi connectivity index (χ2v) is 7.00. The van der Waals surface area contributed by atoms with Crippen LogP contribution in [-0.4, -0.2) is 32.2 Å². The zero-order chi connectivity index (χ0) is 15.6. The van der Waals surface area contributed by atoms with Gasteiger partial charge < -0.3 is 15.8 Å². The molecule has 0 bridgehead atoms. The number of nitrogens with two attached hydrogens (primary N) is 1. The van der Waals surface area contributed by atoms with Crippen LogP contribution >= 0.6 is 24.0 Å². The first-order chi connectivity index (χ1) is 10.6. The molecule has 1 aliphatic heterocycles. The summed E-state index contributed by atoms with van der Waals surface area (Å²) < 4.78 is 5.37. The lowest BCUT2D eigenvalue weighted by molar-refractivity contribution is -0.136. The molecule has 1 amide bonds. The summed E-state index contributed by atoms with van der Waals surface area (Å²) in [6.07, 6.45) is 3.63. The normalized spacial score (nSPS) is 21.1. The minimum absolute atomic E-state index is 0. The van der Waals surface area contributed by atoms with E-state index in [1.165, 1.54) is 5.56 Å². The van der Waals surface area contributed by atoms with Gasteiger partial charge in [0.2, 0.25) is 5.91 Å². The number of hydrogen-bond donors (Lipinski definition) is 2. The molecule has 4 nitrogen and oxygen atoms in total. The lowest BCUT2D eigenvalue weighted by Gasteiger charge is -2.35. The molecular weight excluding hydrogens is 335 g/mol. The number of ether oxygens (including phenoxy) is 1. The van der Waals surface area contributed by atoms with Gasteiger partial charge in [-0.25, -0.2) is 0 Å². The maximum Gasteiger partial charge on any atom is 0.227 e. The van der Waals surface area contributed by atoms with E-state index < -0.39 is 5.41 Å². The number of carbonyl (C=O) groups is 1. The monoisotopic (exact) mass is 358 g/mol. The van der Waals surface area contributed by atoms with Crippen LogP contribution in [0.25, 0.3) is 0 Å². The van der Waals surface area contributed by atoms with Gasteiger partial charge in [0.15, 0.2) is 0 Å².